The summed E-state index contributed by atoms with van der Waals surface area (Å²) in [6.45, 7) is 1.81. The van der Waals surface area contributed by atoms with Crippen LogP contribution in [-0.4, -0.2) is 23.0 Å². The highest BCUT2D eigenvalue weighted by atomic mass is 79.9. The van der Waals surface area contributed by atoms with Crippen molar-refractivity contribution < 1.29 is 23.8 Å². The maximum absolute atomic E-state index is 11.9. The van der Waals surface area contributed by atoms with Crippen molar-refractivity contribution in [3.8, 4) is 5.75 Å². The number of rotatable bonds is 7. The molecule has 1 atom stereocenters. The van der Waals surface area contributed by atoms with Gasteiger partial charge >= 0.3 is 5.97 Å². The fourth-order valence-corrected chi connectivity index (χ4v) is 2.27. The topological polar surface area (TPSA) is 88.8 Å². The minimum Gasteiger partial charge on any atom is -0.486 e. The van der Waals surface area contributed by atoms with E-state index in [1.54, 1.807) is 13.0 Å². The van der Waals surface area contributed by atoms with Crippen molar-refractivity contribution in [3.05, 3.63) is 52.4 Å². The van der Waals surface area contributed by atoms with Gasteiger partial charge in [-0.15, -0.1) is 0 Å². The van der Waals surface area contributed by atoms with E-state index >= 15 is 0 Å². The normalized spacial score (nSPS) is 11.7. The van der Waals surface area contributed by atoms with Gasteiger partial charge in [0.2, 0.25) is 0 Å². The average Bonchev–Trinajstić information content (AvgIpc) is 2.93. The molecule has 1 aromatic carbocycles. The largest absolute Gasteiger partial charge is 0.486 e. The number of carbonyl (C=O) groups excluding carboxylic acids is 1. The zero-order valence-electron chi connectivity index (χ0n) is 12.4. The molecule has 0 saturated carbocycles. The number of furan rings is 1. The van der Waals surface area contributed by atoms with E-state index in [1.807, 2.05) is 24.3 Å². The molecule has 1 heterocycles. The predicted octanol–water partition coefficient (Wildman–Crippen LogP) is 3.21. The van der Waals surface area contributed by atoms with Crippen LogP contribution < -0.4 is 10.1 Å². The van der Waals surface area contributed by atoms with Gasteiger partial charge in [0.15, 0.2) is 5.76 Å². The van der Waals surface area contributed by atoms with Crippen LogP contribution in [-0.2, 0) is 11.4 Å². The van der Waals surface area contributed by atoms with Gasteiger partial charge in [-0.05, 0) is 37.3 Å². The number of carboxylic acids is 1. The summed E-state index contributed by atoms with van der Waals surface area (Å²) in [6.07, 6.45) is -0.148. The van der Waals surface area contributed by atoms with Crippen molar-refractivity contribution in [1.29, 1.82) is 0 Å². The summed E-state index contributed by atoms with van der Waals surface area (Å²) in [5.41, 5.74) is 0. The number of hydrogen-bond acceptors (Lipinski definition) is 4. The first kappa shape index (κ1) is 17.1. The summed E-state index contributed by atoms with van der Waals surface area (Å²) >= 11 is 3.35. The molecule has 0 spiro atoms. The number of benzene rings is 1. The summed E-state index contributed by atoms with van der Waals surface area (Å²) in [4.78, 5) is 22.5. The lowest BCUT2D eigenvalue weighted by atomic mass is 10.2. The van der Waals surface area contributed by atoms with Gasteiger partial charge in [0.25, 0.3) is 5.91 Å². The Kier molecular flexibility index (Phi) is 5.81. The third kappa shape index (κ3) is 5.45. The van der Waals surface area contributed by atoms with Crippen LogP contribution in [0.2, 0.25) is 0 Å². The van der Waals surface area contributed by atoms with Crippen LogP contribution in [0.25, 0.3) is 0 Å². The number of ether oxygens (including phenoxy) is 1. The Hall–Kier alpha value is -2.28. The fraction of sp³-hybridized carbons (Fsp3) is 0.250. The van der Waals surface area contributed by atoms with Gasteiger partial charge in [0, 0.05) is 10.5 Å². The molecule has 0 radical (unpaired) electrons. The molecule has 0 saturated heterocycles. The molecule has 0 aliphatic carbocycles. The number of carbonyl (C=O) groups is 2. The van der Waals surface area contributed by atoms with Gasteiger partial charge in [-0.3, -0.25) is 9.59 Å². The number of carboxylic acid groups (broad SMARTS) is 1. The lowest BCUT2D eigenvalue weighted by Crippen LogP contribution is -2.33. The monoisotopic (exact) mass is 381 g/mol. The summed E-state index contributed by atoms with van der Waals surface area (Å²) in [7, 11) is 0. The third-order valence-electron chi connectivity index (χ3n) is 2.92. The van der Waals surface area contributed by atoms with Crippen LogP contribution in [0, 0.1) is 0 Å². The quantitative estimate of drug-likeness (QED) is 0.768. The molecule has 2 N–H and O–H groups in total. The minimum atomic E-state index is -0.972. The Bertz CT molecular complexity index is 697. The minimum absolute atomic E-state index is 0.120. The highest BCUT2D eigenvalue weighted by Gasteiger charge is 2.15. The van der Waals surface area contributed by atoms with Gasteiger partial charge in [0.05, 0.1) is 6.42 Å². The molecule has 0 aliphatic heterocycles. The summed E-state index contributed by atoms with van der Waals surface area (Å²) in [5, 5.41) is 11.2. The molecule has 0 aliphatic rings. The summed E-state index contributed by atoms with van der Waals surface area (Å²) in [6, 6.07) is 10.1. The van der Waals surface area contributed by atoms with E-state index in [0.717, 1.165) is 4.47 Å². The first-order valence-electron chi connectivity index (χ1n) is 6.94. The Morgan fingerprint density at radius 2 is 2.13 bits per heavy atom. The van der Waals surface area contributed by atoms with Crippen LogP contribution >= 0.6 is 15.9 Å². The van der Waals surface area contributed by atoms with Crippen LogP contribution in [0.5, 0.6) is 5.75 Å². The number of aliphatic carboxylic acids is 1. The standard InChI is InChI=1S/C16H16BrNO5/c1-10(7-15(19)20)18-16(21)14-6-5-13(23-14)9-22-12-4-2-3-11(17)8-12/h2-6,8,10H,7,9H2,1H3,(H,18,21)(H,19,20). The van der Waals surface area contributed by atoms with E-state index in [-0.39, 0.29) is 18.8 Å². The van der Waals surface area contributed by atoms with E-state index in [0.29, 0.717) is 11.5 Å². The smallest absolute Gasteiger partial charge is 0.305 e. The van der Waals surface area contributed by atoms with Crippen molar-refractivity contribution >= 4 is 27.8 Å². The second-order valence-electron chi connectivity index (χ2n) is 4.98. The first-order chi connectivity index (χ1) is 10.9. The number of halogens is 1. The lowest BCUT2D eigenvalue weighted by Gasteiger charge is -2.09. The molecule has 1 aromatic heterocycles. The second kappa shape index (κ2) is 7.82. The van der Waals surface area contributed by atoms with Crippen molar-refractivity contribution in [2.24, 2.45) is 0 Å². The van der Waals surface area contributed by atoms with Gasteiger partial charge in [-0.2, -0.15) is 0 Å². The molecule has 0 fully saturated rings. The Morgan fingerprint density at radius 1 is 1.35 bits per heavy atom. The second-order valence-corrected chi connectivity index (χ2v) is 5.90. The molecule has 1 amide bonds. The van der Waals surface area contributed by atoms with Crippen LogP contribution in [0.3, 0.4) is 0 Å². The predicted molar refractivity (Wildman–Crippen MR) is 86.4 cm³/mol. The van der Waals surface area contributed by atoms with Crippen molar-refractivity contribution in [3.63, 3.8) is 0 Å². The average molecular weight is 382 g/mol. The molecule has 1 unspecified atom stereocenters. The molecule has 6 nitrogen and oxygen atoms in total. The zero-order chi connectivity index (χ0) is 16.8. The number of hydrogen-bond donors (Lipinski definition) is 2. The highest BCUT2D eigenvalue weighted by Crippen LogP contribution is 2.19. The zero-order valence-corrected chi connectivity index (χ0v) is 14.0. The van der Waals surface area contributed by atoms with Gasteiger partial charge in [-0.25, -0.2) is 0 Å². The van der Waals surface area contributed by atoms with Gasteiger partial charge < -0.3 is 19.6 Å². The van der Waals surface area contributed by atoms with E-state index in [1.165, 1.54) is 6.07 Å². The van der Waals surface area contributed by atoms with Crippen molar-refractivity contribution in [2.45, 2.75) is 26.0 Å². The van der Waals surface area contributed by atoms with Gasteiger partial charge in [-0.1, -0.05) is 22.0 Å². The number of amides is 1. The maximum Gasteiger partial charge on any atom is 0.305 e. The maximum atomic E-state index is 11.9. The Labute approximate surface area is 141 Å². The molecule has 2 rings (SSSR count). The molecule has 2 aromatic rings. The van der Waals surface area contributed by atoms with Crippen LogP contribution in [0.1, 0.15) is 29.7 Å². The van der Waals surface area contributed by atoms with Crippen molar-refractivity contribution in [2.75, 3.05) is 0 Å². The van der Waals surface area contributed by atoms with E-state index < -0.39 is 17.9 Å². The van der Waals surface area contributed by atoms with E-state index in [2.05, 4.69) is 21.2 Å². The SMILES string of the molecule is CC(CC(=O)O)NC(=O)c1ccc(COc2cccc(Br)c2)o1. The molecule has 7 heteroatoms. The van der Waals surface area contributed by atoms with Crippen molar-refractivity contribution in [1.82, 2.24) is 5.32 Å². The Morgan fingerprint density at radius 3 is 2.83 bits per heavy atom. The third-order valence-corrected chi connectivity index (χ3v) is 3.41. The van der Waals surface area contributed by atoms with Crippen LogP contribution in [0.4, 0.5) is 0 Å². The lowest BCUT2D eigenvalue weighted by molar-refractivity contribution is -0.137. The highest BCUT2D eigenvalue weighted by molar-refractivity contribution is 9.10. The summed E-state index contributed by atoms with van der Waals surface area (Å²) < 4.78 is 11.9. The molecule has 23 heavy (non-hydrogen) atoms. The van der Waals surface area contributed by atoms with E-state index in [9.17, 15) is 9.59 Å². The number of nitrogens with one attached hydrogen (secondary N) is 1. The van der Waals surface area contributed by atoms with Crippen LogP contribution in [0.15, 0.2) is 45.3 Å². The van der Waals surface area contributed by atoms with E-state index in [4.69, 9.17) is 14.3 Å². The molecule has 0 bridgehead atoms. The Balaban J connectivity index is 1.89. The molecular weight excluding hydrogens is 366 g/mol. The summed E-state index contributed by atoms with van der Waals surface area (Å²) in [5.74, 6) is -0.124. The fourth-order valence-electron chi connectivity index (χ4n) is 1.90. The molecular formula is C16H16BrNO5. The first-order valence-corrected chi connectivity index (χ1v) is 7.73. The molecule has 122 valence electrons. The van der Waals surface area contributed by atoms with Gasteiger partial charge in [0.1, 0.15) is 18.1 Å².